The summed E-state index contributed by atoms with van der Waals surface area (Å²) in [5.41, 5.74) is 0.710. The van der Waals surface area contributed by atoms with Crippen LogP contribution in [0.25, 0.3) is 0 Å². The van der Waals surface area contributed by atoms with Gasteiger partial charge in [0.15, 0.2) is 0 Å². The van der Waals surface area contributed by atoms with E-state index >= 15 is 0 Å². The van der Waals surface area contributed by atoms with Crippen LogP contribution in [0.2, 0.25) is 0 Å². The lowest BCUT2D eigenvalue weighted by atomic mass is 9.98. The number of hydrogen-bond acceptors (Lipinski definition) is 1. The molecule has 0 atom stereocenters. The summed E-state index contributed by atoms with van der Waals surface area (Å²) in [6, 6.07) is 13.3. The van der Waals surface area contributed by atoms with Crippen LogP contribution >= 0.6 is 0 Å². The minimum absolute atomic E-state index is 0.0275. The second kappa shape index (κ2) is 6.30. The van der Waals surface area contributed by atoms with E-state index < -0.39 is 11.7 Å². The van der Waals surface area contributed by atoms with E-state index in [4.69, 9.17) is 0 Å². The smallest absolute Gasteiger partial charge is 0.315 e. The quantitative estimate of drug-likeness (QED) is 0.788. The number of likely N-dealkylation sites (N-methyl/N-ethyl adjacent to an activating group) is 1. The first kappa shape index (κ1) is 16.6. The molecule has 24 heavy (non-hydrogen) atoms. The number of hydrogen-bond donors (Lipinski definition) is 0. The number of nitrogens with zero attached hydrogens (tertiary/aromatic N) is 1. The lowest BCUT2D eigenvalue weighted by Gasteiger charge is -2.19. The third-order valence-electron chi connectivity index (χ3n) is 4.35. The summed E-state index contributed by atoms with van der Waals surface area (Å²) in [4.78, 5) is 13.8. The van der Waals surface area contributed by atoms with Gasteiger partial charge < -0.3 is 4.90 Å². The van der Waals surface area contributed by atoms with Gasteiger partial charge in [-0.1, -0.05) is 30.3 Å². The number of rotatable bonds is 4. The maximum absolute atomic E-state index is 13.4. The molecule has 126 valence electrons. The molecule has 1 aliphatic rings. The summed E-state index contributed by atoms with van der Waals surface area (Å²) in [6.07, 6.45) is -2.85. The van der Waals surface area contributed by atoms with E-state index in [1.807, 2.05) is 6.07 Å². The third kappa shape index (κ3) is 3.61. The topological polar surface area (TPSA) is 20.3 Å². The predicted molar refractivity (Wildman–Crippen MR) is 87.0 cm³/mol. The number of alkyl halides is 3. The molecule has 1 amide bonds. The van der Waals surface area contributed by atoms with Gasteiger partial charge in [-0.2, -0.15) is 13.2 Å². The molecule has 1 fully saturated rings. The maximum Gasteiger partial charge on any atom is 0.416 e. The molecule has 5 heteroatoms. The Kier molecular flexibility index (Phi) is 4.35. The summed E-state index contributed by atoms with van der Waals surface area (Å²) in [5.74, 6) is -0.131. The first-order chi connectivity index (χ1) is 11.4. The van der Waals surface area contributed by atoms with Crippen LogP contribution in [0.5, 0.6) is 0 Å². The first-order valence-electron chi connectivity index (χ1n) is 7.88. The van der Waals surface area contributed by atoms with E-state index in [1.165, 1.54) is 17.0 Å². The molecule has 0 spiro atoms. The molecular formula is C19H18F3NO. The van der Waals surface area contributed by atoms with Crippen molar-refractivity contribution in [1.29, 1.82) is 0 Å². The Bertz CT molecular complexity index is 736. The van der Waals surface area contributed by atoms with Crippen molar-refractivity contribution >= 4 is 11.6 Å². The number of benzene rings is 2. The molecule has 1 aliphatic carbocycles. The predicted octanol–water partition coefficient (Wildman–Crippen LogP) is 4.79. The highest BCUT2D eigenvalue weighted by molar-refractivity contribution is 5.94. The van der Waals surface area contributed by atoms with Gasteiger partial charge in [0.05, 0.1) is 12.0 Å². The van der Waals surface area contributed by atoms with Gasteiger partial charge in [0, 0.05) is 12.7 Å². The molecule has 1 saturated carbocycles. The fourth-order valence-electron chi connectivity index (χ4n) is 2.76. The minimum atomic E-state index is -4.45. The maximum atomic E-state index is 13.4. The van der Waals surface area contributed by atoms with Gasteiger partial charge in [0.2, 0.25) is 5.91 Å². The van der Waals surface area contributed by atoms with Gasteiger partial charge >= 0.3 is 6.18 Å². The summed E-state index contributed by atoms with van der Waals surface area (Å²) in [7, 11) is 1.57. The molecule has 3 rings (SSSR count). The highest BCUT2D eigenvalue weighted by Crippen LogP contribution is 2.43. The Labute approximate surface area is 138 Å². The molecular weight excluding hydrogens is 315 g/mol. The number of carbonyl (C=O) groups is 1. The number of carbonyl (C=O) groups excluding carboxylic acids is 1. The van der Waals surface area contributed by atoms with Gasteiger partial charge in [0.1, 0.15) is 0 Å². The molecule has 0 unspecified atom stereocenters. The Morgan fingerprint density at radius 1 is 1.12 bits per heavy atom. The molecule has 2 aromatic rings. The van der Waals surface area contributed by atoms with E-state index in [0.29, 0.717) is 5.69 Å². The van der Waals surface area contributed by atoms with Gasteiger partial charge in [-0.15, -0.1) is 0 Å². The third-order valence-corrected chi connectivity index (χ3v) is 4.35. The molecule has 0 radical (unpaired) electrons. The van der Waals surface area contributed by atoms with E-state index in [1.54, 1.807) is 37.4 Å². The van der Waals surface area contributed by atoms with Crippen LogP contribution in [0.1, 0.15) is 35.4 Å². The van der Waals surface area contributed by atoms with Gasteiger partial charge in [-0.05, 0) is 48.1 Å². The fourth-order valence-corrected chi connectivity index (χ4v) is 2.76. The van der Waals surface area contributed by atoms with Crippen molar-refractivity contribution in [3.05, 3.63) is 65.2 Å². The fraction of sp³-hybridized carbons (Fsp3) is 0.316. The second-order valence-corrected chi connectivity index (χ2v) is 6.15. The molecule has 0 aliphatic heterocycles. The Hall–Kier alpha value is -2.30. The van der Waals surface area contributed by atoms with Crippen LogP contribution in [0.4, 0.5) is 18.9 Å². The Morgan fingerprint density at radius 2 is 1.79 bits per heavy atom. The summed E-state index contributed by atoms with van der Waals surface area (Å²) in [6.45, 7) is 0. The Morgan fingerprint density at radius 3 is 2.38 bits per heavy atom. The van der Waals surface area contributed by atoms with Crippen molar-refractivity contribution in [3.63, 3.8) is 0 Å². The molecule has 0 N–H and O–H groups in total. The van der Waals surface area contributed by atoms with Gasteiger partial charge in [-0.3, -0.25) is 4.79 Å². The van der Waals surface area contributed by atoms with Crippen LogP contribution in [0.3, 0.4) is 0 Å². The van der Waals surface area contributed by atoms with Gasteiger partial charge in [-0.25, -0.2) is 0 Å². The molecule has 2 aromatic carbocycles. The first-order valence-corrected chi connectivity index (χ1v) is 7.88. The summed E-state index contributed by atoms with van der Waals surface area (Å²) in [5, 5.41) is 0. The van der Waals surface area contributed by atoms with Crippen molar-refractivity contribution in [1.82, 2.24) is 0 Å². The van der Waals surface area contributed by atoms with Crippen LogP contribution < -0.4 is 4.90 Å². The van der Waals surface area contributed by atoms with Crippen LogP contribution in [-0.4, -0.2) is 13.0 Å². The number of amides is 1. The van der Waals surface area contributed by atoms with Crippen molar-refractivity contribution in [2.45, 2.75) is 31.4 Å². The largest absolute Gasteiger partial charge is 0.416 e. The summed E-state index contributed by atoms with van der Waals surface area (Å²) < 4.78 is 40.1. The van der Waals surface area contributed by atoms with Crippen LogP contribution in [-0.2, 0) is 17.4 Å². The van der Waals surface area contributed by atoms with Gasteiger partial charge in [0.25, 0.3) is 0 Å². The highest BCUT2D eigenvalue weighted by Gasteiger charge is 2.35. The molecule has 2 nitrogen and oxygen atoms in total. The van der Waals surface area contributed by atoms with Crippen molar-refractivity contribution in [2.75, 3.05) is 11.9 Å². The van der Waals surface area contributed by atoms with Crippen molar-refractivity contribution < 1.29 is 18.0 Å². The number of para-hydroxylation sites is 1. The molecule has 0 bridgehead atoms. The lowest BCUT2D eigenvalue weighted by molar-refractivity contribution is -0.138. The van der Waals surface area contributed by atoms with Crippen LogP contribution in [0.15, 0.2) is 48.5 Å². The average molecular weight is 333 g/mol. The number of anilines is 1. The molecule has 0 saturated heterocycles. The monoisotopic (exact) mass is 333 g/mol. The van der Waals surface area contributed by atoms with Crippen molar-refractivity contribution in [2.24, 2.45) is 0 Å². The SMILES string of the molecule is CN(C(=O)Cc1ccc(C2CC2)cc1C(F)(F)F)c1ccccc1. The van der Waals surface area contributed by atoms with E-state index in [-0.39, 0.29) is 23.8 Å². The number of halogens is 3. The van der Waals surface area contributed by atoms with E-state index in [9.17, 15) is 18.0 Å². The Balaban J connectivity index is 1.85. The van der Waals surface area contributed by atoms with Crippen LogP contribution in [0, 0.1) is 0 Å². The van der Waals surface area contributed by atoms with Crippen molar-refractivity contribution in [3.8, 4) is 0 Å². The molecule has 0 aromatic heterocycles. The zero-order chi connectivity index (χ0) is 17.3. The zero-order valence-electron chi connectivity index (χ0n) is 13.3. The highest BCUT2D eigenvalue weighted by atomic mass is 19.4. The minimum Gasteiger partial charge on any atom is -0.315 e. The van der Waals surface area contributed by atoms with E-state index in [0.717, 1.165) is 18.4 Å². The zero-order valence-corrected chi connectivity index (χ0v) is 13.3. The molecule has 0 heterocycles. The lowest BCUT2D eigenvalue weighted by Crippen LogP contribution is -2.28. The standard InChI is InChI=1S/C19H18F3NO/c1-23(16-5-3-2-4-6-16)18(24)12-15-10-9-14(13-7-8-13)11-17(15)19(20,21)22/h2-6,9-11,13H,7-8,12H2,1H3. The second-order valence-electron chi connectivity index (χ2n) is 6.15. The normalized spacial score (nSPS) is 14.5. The average Bonchev–Trinajstić information content (AvgIpc) is 3.39. The summed E-state index contributed by atoms with van der Waals surface area (Å²) >= 11 is 0. The van der Waals surface area contributed by atoms with E-state index in [2.05, 4.69) is 0 Å².